The van der Waals surface area contributed by atoms with Crippen molar-refractivity contribution >= 4 is 39.0 Å². The molecule has 1 N–H and O–H groups in total. The molecule has 0 atom stereocenters. The maximum Gasteiger partial charge on any atom is 0.266 e. The zero-order chi connectivity index (χ0) is 18.2. The van der Waals surface area contributed by atoms with Crippen LogP contribution in [0.2, 0.25) is 10.0 Å². The number of benzene rings is 1. The Morgan fingerprint density at radius 1 is 1.20 bits per heavy atom. The van der Waals surface area contributed by atoms with Crippen LogP contribution in [-0.4, -0.2) is 28.0 Å². The van der Waals surface area contributed by atoms with Crippen LogP contribution in [0.5, 0.6) is 0 Å². The van der Waals surface area contributed by atoms with Gasteiger partial charge >= 0.3 is 0 Å². The summed E-state index contributed by atoms with van der Waals surface area (Å²) in [6, 6.07) is 6.79. The van der Waals surface area contributed by atoms with Gasteiger partial charge in [-0.25, -0.2) is 8.42 Å². The van der Waals surface area contributed by atoms with Crippen LogP contribution in [-0.2, 0) is 23.6 Å². The van der Waals surface area contributed by atoms with Gasteiger partial charge in [0.05, 0.1) is 18.4 Å². The minimum Gasteiger partial charge on any atom is -0.272 e. The molecule has 0 saturated carbocycles. The molecule has 25 heavy (non-hydrogen) atoms. The summed E-state index contributed by atoms with van der Waals surface area (Å²) in [5.74, 6) is 0.200. The number of rotatable bonds is 5. The molecule has 2 aromatic heterocycles. The smallest absolute Gasteiger partial charge is 0.266 e. The van der Waals surface area contributed by atoms with Gasteiger partial charge in [0.1, 0.15) is 4.90 Å². The molecule has 0 radical (unpaired) electrons. The van der Waals surface area contributed by atoms with E-state index in [1.165, 1.54) is 10.9 Å². The van der Waals surface area contributed by atoms with E-state index in [1.54, 1.807) is 49.1 Å². The fraction of sp³-hybridized carbons (Fsp3) is 0.200. The second-order valence-corrected chi connectivity index (χ2v) is 7.89. The minimum absolute atomic E-state index is 0.110. The molecule has 3 aromatic rings. The first-order chi connectivity index (χ1) is 11.8. The van der Waals surface area contributed by atoms with Gasteiger partial charge < -0.3 is 0 Å². The SMILES string of the molecule is Cc1c(S(=O)(=O)Nc2ccn(Cc3c(Cl)cccc3Cl)n2)cnn1C. The lowest BCUT2D eigenvalue weighted by Gasteiger charge is -2.07. The average molecular weight is 400 g/mol. The highest BCUT2D eigenvalue weighted by Gasteiger charge is 2.21. The third kappa shape index (κ3) is 3.65. The Kier molecular flexibility index (Phi) is 4.77. The third-order valence-electron chi connectivity index (χ3n) is 3.74. The van der Waals surface area contributed by atoms with Gasteiger partial charge in [-0.3, -0.25) is 14.1 Å². The van der Waals surface area contributed by atoms with Crippen molar-refractivity contribution in [3.05, 3.63) is 58.0 Å². The summed E-state index contributed by atoms with van der Waals surface area (Å²) in [7, 11) is -2.08. The molecule has 0 fully saturated rings. The lowest BCUT2D eigenvalue weighted by Crippen LogP contribution is -2.14. The van der Waals surface area contributed by atoms with Crippen LogP contribution >= 0.6 is 23.2 Å². The number of hydrogen-bond acceptors (Lipinski definition) is 4. The van der Waals surface area contributed by atoms with E-state index in [-0.39, 0.29) is 10.7 Å². The summed E-state index contributed by atoms with van der Waals surface area (Å²) in [4.78, 5) is 0.110. The second-order valence-electron chi connectivity index (χ2n) is 5.42. The topological polar surface area (TPSA) is 81.8 Å². The molecule has 7 nitrogen and oxygen atoms in total. The zero-order valence-electron chi connectivity index (χ0n) is 13.4. The number of nitrogens with zero attached hydrogens (tertiary/aromatic N) is 4. The summed E-state index contributed by atoms with van der Waals surface area (Å²) in [5, 5.41) is 9.21. The number of hydrogen-bond donors (Lipinski definition) is 1. The normalized spacial score (nSPS) is 11.7. The third-order valence-corrected chi connectivity index (χ3v) is 5.91. The number of aryl methyl sites for hydroxylation is 1. The monoisotopic (exact) mass is 399 g/mol. The highest BCUT2D eigenvalue weighted by atomic mass is 35.5. The molecule has 1 aromatic carbocycles. The quantitative estimate of drug-likeness (QED) is 0.714. The lowest BCUT2D eigenvalue weighted by molar-refractivity contribution is 0.599. The Morgan fingerprint density at radius 2 is 1.88 bits per heavy atom. The van der Waals surface area contributed by atoms with Gasteiger partial charge in [0.2, 0.25) is 0 Å². The van der Waals surface area contributed by atoms with Crippen LogP contribution in [0.25, 0.3) is 0 Å². The Balaban J connectivity index is 1.81. The van der Waals surface area contributed by atoms with Gasteiger partial charge in [-0.2, -0.15) is 10.2 Å². The van der Waals surface area contributed by atoms with Crippen LogP contribution in [0, 0.1) is 6.92 Å². The summed E-state index contributed by atoms with van der Waals surface area (Å²) in [6.45, 7) is 2.01. The molecule has 0 aliphatic carbocycles. The molecule has 0 amide bonds. The van der Waals surface area contributed by atoms with Gasteiger partial charge in [0.15, 0.2) is 5.82 Å². The number of nitrogens with one attached hydrogen (secondary N) is 1. The summed E-state index contributed by atoms with van der Waals surface area (Å²) in [5.41, 5.74) is 1.25. The van der Waals surface area contributed by atoms with Gasteiger partial charge in [-0.15, -0.1) is 0 Å². The van der Waals surface area contributed by atoms with Crippen molar-refractivity contribution in [1.82, 2.24) is 19.6 Å². The number of halogens is 2. The zero-order valence-corrected chi connectivity index (χ0v) is 15.8. The highest BCUT2D eigenvalue weighted by molar-refractivity contribution is 7.92. The van der Waals surface area contributed by atoms with Crippen molar-refractivity contribution in [2.75, 3.05) is 4.72 Å². The standard InChI is InChI=1S/C15H15Cl2N5O2S/c1-10-14(8-18-21(10)2)25(23,24)20-15-6-7-22(19-15)9-11-12(16)4-3-5-13(11)17/h3-8H,9H2,1-2H3,(H,19,20). The lowest BCUT2D eigenvalue weighted by atomic mass is 10.2. The van der Waals surface area contributed by atoms with E-state index in [0.717, 1.165) is 0 Å². The molecule has 0 aliphatic heterocycles. The van der Waals surface area contributed by atoms with E-state index in [9.17, 15) is 8.42 Å². The van der Waals surface area contributed by atoms with Crippen LogP contribution in [0.4, 0.5) is 5.82 Å². The first kappa shape index (κ1) is 17.8. The van der Waals surface area contributed by atoms with E-state index in [4.69, 9.17) is 23.2 Å². The van der Waals surface area contributed by atoms with Crippen LogP contribution in [0.3, 0.4) is 0 Å². The molecule has 0 aliphatic rings. The van der Waals surface area contributed by atoms with Gasteiger partial charge in [0.25, 0.3) is 10.0 Å². The van der Waals surface area contributed by atoms with E-state index in [0.29, 0.717) is 27.8 Å². The molecule has 0 unspecified atom stereocenters. The molecule has 3 rings (SSSR count). The predicted molar refractivity (Wildman–Crippen MR) is 96.5 cm³/mol. The van der Waals surface area contributed by atoms with Crippen LogP contribution in [0.1, 0.15) is 11.3 Å². The van der Waals surface area contributed by atoms with Crippen LogP contribution < -0.4 is 4.72 Å². The van der Waals surface area contributed by atoms with Crippen molar-refractivity contribution in [3.63, 3.8) is 0 Å². The first-order valence-electron chi connectivity index (χ1n) is 7.25. The van der Waals surface area contributed by atoms with E-state index in [1.807, 2.05) is 0 Å². The van der Waals surface area contributed by atoms with Crippen molar-refractivity contribution in [2.45, 2.75) is 18.4 Å². The average Bonchev–Trinajstić information content (AvgIpc) is 3.10. The van der Waals surface area contributed by atoms with Crippen molar-refractivity contribution in [3.8, 4) is 0 Å². The second kappa shape index (κ2) is 6.70. The summed E-state index contributed by atoms with van der Waals surface area (Å²) < 4.78 is 30.4. The number of sulfonamides is 1. The van der Waals surface area contributed by atoms with Crippen LogP contribution in [0.15, 0.2) is 41.6 Å². The highest BCUT2D eigenvalue weighted by Crippen LogP contribution is 2.25. The van der Waals surface area contributed by atoms with E-state index in [2.05, 4.69) is 14.9 Å². The van der Waals surface area contributed by atoms with Crippen molar-refractivity contribution in [2.24, 2.45) is 7.05 Å². The summed E-state index contributed by atoms with van der Waals surface area (Å²) >= 11 is 12.3. The number of aromatic nitrogens is 4. The summed E-state index contributed by atoms with van der Waals surface area (Å²) in [6.07, 6.45) is 2.95. The fourth-order valence-electron chi connectivity index (χ4n) is 2.28. The van der Waals surface area contributed by atoms with E-state index < -0.39 is 10.0 Å². The van der Waals surface area contributed by atoms with E-state index >= 15 is 0 Å². The van der Waals surface area contributed by atoms with Gasteiger partial charge in [-0.05, 0) is 19.1 Å². The molecule has 0 saturated heterocycles. The molecule has 0 bridgehead atoms. The molecule has 0 spiro atoms. The molecular weight excluding hydrogens is 385 g/mol. The first-order valence-corrected chi connectivity index (χ1v) is 9.49. The Bertz CT molecular complexity index is 1010. The van der Waals surface area contributed by atoms with Gasteiger partial charge in [0, 0.05) is 34.9 Å². The Morgan fingerprint density at radius 3 is 2.48 bits per heavy atom. The predicted octanol–water partition coefficient (Wildman–Crippen LogP) is 3.08. The van der Waals surface area contributed by atoms with Gasteiger partial charge in [-0.1, -0.05) is 29.3 Å². The van der Waals surface area contributed by atoms with Crippen molar-refractivity contribution < 1.29 is 8.42 Å². The molecule has 10 heteroatoms. The fourth-order valence-corrected chi connectivity index (χ4v) is 4.00. The maximum absolute atomic E-state index is 12.5. The maximum atomic E-state index is 12.5. The largest absolute Gasteiger partial charge is 0.272 e. The molecular formula is C15H15Cl2N5O2S. The minimum atomic E-state index is -3.76. The molecule has 2 heterocycles. The Labute approximate surface area is 155 Å². The molecule has 132 valence electrons. The number of anilines is 1. The Hall–Kier alpha value is -2.03. The van der Waals surface area contributed by atoms with Crippen molar-refractivity contribution in [1.29, 1.82) is 0 Å².